The van der Waals surface area contributed by atoms with Crippen LogP contribution < -0.4 is 9.46 Å². The summed E-state index contributed by atoms with van der Waals surface area (Å²) in [5, 5.41) is 0. The van der Waals surface area contributed by atoms with Crippen molar-refractivity contribution < 1.29 is 17.9 Å². The fraction of sp³-hybridized carbons (Fsp3) is 0.625. The van der Waals surface area contributed by atoms with Gasteiger partial charge in [0.05, 0.1) is 24.7 Å². The molecule has 2 heterocycles. The van der Waals surface area contributed by atoms with Crippen LogP contribution in [0.5, 0.6) is 5.75 Å². The van der Waals surface area contributed by atoms with Crippen LogP contribution in [0.15, 0.2) is 23.1 Å². The average Bonchev–Trinajstić information content (AvgIpc) is 3.02. The van der Waals surface area contributed by atoms with Crippen LogP contribution in [-0.4, -0.2) is 58.3 Å². The lowest BCUT2D eigenvalue weighted by Crippen LogP contribution is -2.55. The van der Waals surface area contributed by atoms with Gasteiger partial charge in [0.2, 0.25) is 10.0 Å². The summed E-state index contributed by atoms with van der Waals surface area (Å²) in [4.78, 5) is 2.56. The Kier molecular flexibility index (Phi) is 4.64. The maximum atomic E-state index is 12.6. The van der Waals surface area contributed by atoms with Gasteiger partial charge in [-0.2, -0.15) is 0 Å². The third kappa shape index (κ3) is 3.68. The van der Waals surface area contributed by atoms with Crippen molar-refractivity contribution in [3.63, 3.8) is 0 Å². The highest BCUT2D eigenvalue weighted by Gasteiger charge is 2.30. The summed E-state index contributed by atoms with van der Waals surface area (Å²) in [5.74, 6) is 0.789. The highest BCUT2D eigenvalue weighted by Crippen LogP contribution is 2.27. The molecule has 0 bridgehead atoms. The molecule has 0 aromatic heterocycles. The summed E-state index contributed by atoms with van der Waals surface area (Å²) in [6.07, 6.45) is 0.762. The van der Waals surface area contributed by atoms with Gasteiger partial charge < -0.3 is 9.47 Å². The molecule has 0 radical (unpaired) electrons. The monoisotopic (exact) mass is 340 g/mol. The highest BCUT2D eigenvalue weighted by molar-refractivity contribution is 7.89. The van der Waals surface area contributed by atoms with Crippen molar-refractivity contribution in [1.29, 1.82) is 0 Å². The Bertz CT molecular complexity index is 667. The van der Waals surface area contributed by atoms with Crippen LogP contribution in [0.1, 0.15) is 19.4 Å². The van der Waals surface area contributed by atoms with Gasteiger partial charge >= 0.3 is 0 Å². The maximum absolute atomic E-state index is 12.6. The molecule has 1 saturated heterocycles. The van der Waals surface area contributed by atoms with E-state index in [9.17, 15) is 8.42 Å². The molecule has 0 saturated carbocycles. The number of rotatable bonds is 5. The van der Waals surface area contributed by atoms with E-state index < -0.39 is 10.0 Å². The van der Waals surface area contributed by atoms with Crippen molar-refractivity contribution >= 4 is 10.0 Å². The molecule has 2 aliphatic heterocycles. The van der Waals surface area contributed by atoms with Gasteiger partial charge in [-0.25, -0.2) is 13.1 Å². The minimum absolute atomic E-state index is 0.253. The number of morpholine rings is 1. The van der Waals surface area contributed by atoms with Gasteiger partial charge in [0.15, 0.2) is 0 Å². The number of benzene rings is 1. The molecule has 1 aromatic rings. The molecule has 2 aliphatic rings. The van der Waals surface area contributed by atoms with E-state index in [0.717, 1.165) is 30.8 Å². The van der Waals surface area contributed by atoms with Crippen LogP contribution in [0.2, 0.25) is 0 Å². The van der Waals surface area contributed by atoms with Crippen LogP contribution in [0.3, 0.4) is 0 Å². The van der Waals surface area contributed by atoms with E-state index in [2.05, 4.69) is 23.5 Å². The third-order valence-electron chi connectivity index (χ3n) is 4.53. The standard InChI is InChI=1S/C16H24N2O4S/c1-16(2,18-6-9-21-10-7-18)12-17-23(19,20)14-3-4-15-13(11-14)5-8-22-15/h3-4,11,17H,5-10,12H2,1-2H3. The van der Waals surface area contributed by atoms with Crippen molar-refractivity contribution in [2.75, 3.05) is 39.5 Å². The topological polar surface area (TPSA) is 67.9 Å². The number of hydrogen-bond acceptors (Lipinski definition) is 5. The Morgan fingerprint density at radius 1 is 1.22 bits per heavy atom. The highest BCUT2D eigenvalue weighted by atomic mass is 32.2. The van der Waals surface area contributed by atoms with E-state index in [-0.39, 0.29) is 5.54 Å². The molecular weight excluding hydrogens is 316 g/mol. The van der Waals surface area contributed by atoms with Crippen molar-refractivity contribution in [3.05, 3.63) is 23.8 Å². The molecule has 23 heavy (non-hydrogen) atoms. The largest absolute Gasteiger partial charge is 0.493 e. The quantitative estimate of drug-likeness (QED) is 0.866. The summed E-state index contributed by atoms with van der Waals surface area (Å²) in [6, 6.07) is 5.06. The summed E-state index contributed by atoms with van der Waals surface area (Å²) >= 11 is 0. The van der Waals surface area contributed by atoms with Crippen LogP contribution in [0, 0.1) is 0 Å². The zero-order valence-electron chi connectivity index (χ0n) is 13.7. The third-order valence-corrected chi connectivity index (χ3v) is 5.93. The smallest absolute Gasteiger partial charge is 0.240 e. The molecule has 1 N–H and O–H groups in total. The van der Waals surface area contributed by atoms with Gasteiger partial charge in [0, 0.05) is 31.6 Å². The normalized spacial score (nSPS) is 19.4. The van der Waals surface area contributed by atoms with E-state index in [4.69, 9.17) is 9.47 Å². The lowest BCUT2D eigenvalue weighted by Gasteiger charge is -2.40. The Hall–Kier alpha value is -1.15. The second kappa shape index (κ2) is 6.39. The first-order valence-corrected chi connectivity index (χ1v) is 9.45. The van der Waals surface area contributed by atoms with Gasteiger partial charge in [-0.15, -0.1) is 0 Å². The fourth-order valence-corrected chi connectivity index (χ4v) is 4.22. The zero-order chi connectivity index (χ0) is 16.5. The number of sulfonamides is 1. The van der Waals surface area contributed by atoms with Crippen LogP contribution in [0.4, 0.5) is 0 Å². The molecule has 0 aliphatic carbocycles. The molecule has 0 unspecified atom stereocenters. The Balaban J connectivity index is 1.68. The first-order valence-electron chi connectivity index (χ1n) is 7.97. The van der Waals surface area contributed by atoms with Gasteiger partial charge in [-0.1, -0.05) is 0 Å². The Morgan fingerprint density at radius 3 is 2.70 bits per heavy atom. The molecule has 0 amide bonds. The Labute approximate surface area is 137 Å². The minimum Gasteiger partial charge on any atom is -0.493 e. The summed E-state index contributed by atoms with van der Waals surface area (Å²) < 4.78 is 38.7. The molecule has 1 aromatic carbocycles. The molecule has 1 fully saturated rings. The number of fused-ring (bicyclic) bond motifs is 1. The first-order chi connectivity index (χ1) is 10.9. The summed E-state index contributed by atoms with van der Waals surface area (Å²) in [6.45, 7) is 8.13. The molecular formula is C16H24N2O4S. The fourth-order valence-electron chi connectivity index (χ4n) is 2.97. The SMILES string of the molecule is CC(C)(CNS(=O)(=O)c1ccc2c(c1)CCO2)N1CCOCC1. The molecule has 3 rings (SSSR count). The second-order valence-electron chi connectivity index (χ2n) is 6.60. The van der Waals surface area contributed by atoms with Crippen LogP contribution in [0.25, 0.3) is 0 Å². The van der Waals surface area contributed by atoms with E-state index in [1.54, 1.807) is 18.2 Å². The van der Waals surface area contributed by atoms with Crippen LogP contribution in [-0.2, 0) is 21.2 Å². The molecule has 0 atom stereocenters. The summed E-state index contributed by atoms with van der Waals surface area (Å²) in [5.41, 5.74) is 0.705. The average molecular weight is 340 g/mol. The van der Waals surface area contributed by atoms with Gasteiger partial charge in [0.25, 0.3) is 0 Å². The zero-order valence-corrected chi connectivity index (χ0v) is 14.5. The number of nitrogens with zero attached hydrogens (tertiary/aromatic N) is 1. The van der Waals surface area contributed by atoms with Crippen molar-refractivity contribution in [1.82, 2.24) is 9.62 Å². The molecule has 6 nitrogen and oxygen atoms in total. The number of ether oxygens (including phenoxy) is 2. The van der Waals surface area contributed by atoms with E-state index in [1.165, 1.54) is 0 Å². The van der Waals surface area contributed by atoms with E-state index in [0.29, 0.717) is 31.3 Å². The molecule has 0 spiro atoms. The van der Waals surface area contributed by atoms with Crippen molar-refractivity contribution in [3.8, 4) is 5.75 Å². The predicted octanol–water partition coefficient (Wildman–Crippen LogP) is 1.01. The maximum Gasteiger partial charge on any atom is 0.240 e. The van der Waals surface area contributed by atoms with Gasteiger partial charge in [-0.05, 0) is 37.6 Å². The second-order valence-corrected chi connectivity index (χ2v) is 8.37. The molecule has 7 heteroatoms. The lowest BCUT2D eigenvalue weighted by atomic mass is 10.0. The van der Waals surface area contributed by atoms with E-state index in [1.807, 2.05) is 0 Å². The van der Waals surface area contributed by atoms with Gasteiger partial charge in [-0.3, -0.25) is 4.90 Å². The number of hydrogen-bond donors (Lipinski definition) is 1. The lowest BCUT2D eigenvalue weighted by molar-refractivity contribution is -0.00803. The summed E-state index contributed by atoms with van der Waals surface area (Å²) in [7, 11) is -3.52. The minimum atomic E-state index is -3.52. The van der Waals surface area contributed by atoms with Crippen LogP contribution >= 0.6 is 0 Å². The van der Waals surface area contributed by atoms with Gasteiger partial charge in [0.1, 0.15) is 5.75 Å². The first kappa shape index (κ1) is 16.7. The van der Waals surface area contributed by atoms with Crippen molar-refractivity contribution in [2.45, 2.75) is 30.7 Å². The van der Waals surface area contributed by atoms with E-state index >= 15 is 0 Å². The number of nitrogens with one attached hydrogen (secondary N) is 1. The molecule has 128 valence electrons. The van der Waals surface area contributed by atoms with Crippen molar-refractivity contribution in [2.24, 2.45) is 0 Å². The Morgan fingerprint density at radius 2 is 1.96 bits per heavy atom. The predicted molar refractivity (Wildman–Crippen MR) is 87.3 cm³/mol.